The molecule has 0 saturated carbocycles. The first-order chi connectivity index (χ1) is 10.2. The number of rotatable bonds is 7. The first-order valence-electron chi connectivity index (χ1n) is 6.75. The monoisotopic (exact) mass is 307 g/mol. The molecule has 0 aliphatic carbocycles. The first-order valence-corrected chi connectivity index (χ1v) is 7.63. The summed E-state index contributed by atoms with van der Waals surface area (Å²) in [5.41, 5.74) is 1.60. The normalized spacial score (nSPS) is 11.2. The van der Waals surface area contributed by atoms with Gasteiger partial charge >= 0.3 is 5.13 Å². The third-order valence-corrected chi connectivity index (χ3v) is 3.40. The molecule has 0 fully saturated rings. The smallest absolute Gasteiger partial charge is 0.249 e. The Bertz CT molecular complexity index is 577. The number of thiazole rings is 1. The zero-order valence-electron chi connectivity index (χ0n) is 12.4. The lowest BCUT2D eigenvalue weighted by Crippen LogP contribution is -2.23. The standard InChI is InChI=1S/C14H19N4O2S/c1-4-19-18(20-5-2)13-8-6-12(7-9-13)15-16-14-17(3)10-11-21-14/h6-11H,4-5H2,1-3H3/q+1. The molecule has 0 saturated heterocycles. The number of aromatic nitrogens is 1. The van der Waals surface area contributed by atoms with Gasteiger partial charge in [0.2, 0.25) is 0 Å². The molecule has 0 unspecified atom stereocenters. The highest BCUT2D eigenvalue weighted by molar-refractivity contribution is 7.12. The maximum absolute atomic E-state index is 5.40. The Morgan fingerprint density at radius 2 is 1.76 bits per heavy atom. The number of benzene rings is 1. The minimum Gasteiger partial charge on any atom is -0.249 e. The lowest BCUT2D eigenvalue weighted by molar-refractivity contribution is -0.654. The Morgan fingerprint density at radius 1 is 1.10 bits per heavy atom. The molecule has 0 aliphatic rings. The molecule has 0 N–H and O–H groups in total. The van der Waals surface area contributed by atoms with E-state index in [-0.39, 0.29) is 0 Å². The number of hydrogen-bond donors (Lipinski definition) is 0. The molecule has 1 heterocycles. The van der Waals surface area contributed by atoms with Crippen molar-refractivity contribution >= 4 is 27.8 Å². The van der Waals surface area contributed by atoms with Gasteiger partial charge in [-0.1, -0.05) is 0 Å². The minimum absolute atomic E-state index is 0.538. The van der Waals surface area contributed by atoms with Gasteiger partial charge in [-0.3, -0.25) is 0 Å². The van der Waals surface area contributed by atoms with Gasteiger partial charge in [0.15, 0.2) is 0 Å². The van der Waals surface area contributed by atoms with Crippen molar-refractivity contribution in [3.63, 3.8) is 0 Å². The number of azo groups is 1. The zero-order chi connectivity index (χ0) is 15.1. The SMILES string of the molecule is CCON(OCC)c1ccc(N=Nc2scc[n+]2C)cc1. The van der Waals surface area contributed by atoms with Gasteiger partial charge in [-0.05, 0) is 54.6 Å². The van der Waals surface area contributed by atoms with Gasteiger partial charge in [0, 0.05) is 5.38 Å². The van der Waals surface area contributed by atoms with Crippen LogP contribution in [0.3, 0.4) is 0 Å². The maximum atomic E-state index is 5.40. The summed E-state index contributed by atoms with van der Waals surface area (Å²) in [5, 5.41) is 12.7. The van der Waals surface area contributed by atoms with E-state index in [2.05, 4.69) is 10.2 Å². The van der Waals surface area contributed by atoms with E-state index < -0.39 is 0 Å². The molecule has 0 aliphatic heterocycles. The van der Waals surface area contributed by atoms with Gasteiger partial charge in [0.25, 0.3) is 0 Å². The summed E-state index contributed by atoms with van der Waals surface area (Å²) in [6, 6.07) is 7.51. The van der Waals surface area contributed by atoms with Crippen molar-refractivity contribution < 1.29 is 14.2 Å². The molecule has 2 rings (SSSR count). The summed E-state index contributed by atoms with van der Waals surface area (Å²) >= 11 is 1.54. The average molecular weight is 307 g/mol. The predicted octanol–water partition coefficient (Wildman–Crippen LogP) is 3.70. The average Bonchev–Trinajstić information content (AvgIpc) is 2.91. The van der Waals surface area contributed by atoms with Crippen LogP contribution in [0.5, 0.6) is 0 Å². The van der Waals surface area contributed by atoms with E-state index in [9.17, 15) is 0 Å². The van der Waals surface area contributed by atoms with Gasteiger partial charge in [-0.25, -0.2) is 14.2 Å². The minimum atomic E-state index is 0.538. The van der Waals surface area contributed by atoms with Crippen LogP contribution in [-0.2, 0) is 16.7 Å². The van der Waals surface area contributed by atoms with E-state index in [1.807, 2.05) is 61.3 Å². The molecule has 6 nitrogen and oxygen atoms in total. The number of nitrogens with zero attached hydrogens (tertiary/aromatic N) is 4. The summed E-state index contributed by atoms with van der Waals surface area (Å²) in [6.45, 7) is 4.90. The summed E-state index contributed by atoms with van der Waals surface area (Å²) in [7, 11) is 1.94. The van der Waals surface area contributed by atoms with Gasteiger partial charge in [-0.15, -0.1) is 5.23 Å². The lowest BCUT2D eigenvalue weighted by Gasteiger charge is -2.20. The first kappa shape index (κ1) is 15.6. The van der Waals surface area contributed by atoms with Crippen molar-refractivity contribution in [3.8, 4) is 0 Å². The number of aryl methyl sites for hydroxylation is 1. The lowest BCUT2D eigenvalue weighted by atomic mass is 10.3. The third-order valence-electron chi connectivity index (χ3n) is 2.56. The predicted molar refractivity (Wildman–Crippen MR) is 81.8 cm³/mol. The van der Waals surface area contributed by atoms with E-state index in [1.54, 1.807) is 11.3 Å². The fourth-order valence-electron chi connectivity index (χ4n) is 1.59. The number of anilines is 1. The van der Waals surface area contributed by atoms with Gasteiger partial charge in [0.05, 0.1) is 31.1 Å². The van der Waals surface area contributed by atoms with Crippen molar-refractivity contribution in [2.24, 2.45) is 17.3 Å². The molecule has 0 bridgehead atoms. The Kier molecular flexibility index (Phi) is 5.79. The van der Waals surface area contributed by atoms with Crippen LogP contribution >= 0.6 is 11.3 Å². The molecule has 2 aromatic rings. The van der Waals surface area contributed by atoms with Crippen LogP contribution in [0.4, 0.5) is 16.5 Å². The highest BCUT2D eigenvalue weighted by atomic mass is 32.1. The van der Waals surface area contributed by atoms with Gasteiger partial charge < -0.3 is 0 Å². The van der Waals surface area contributed by atoms with Gasteiger partial charge in [0.1, 0.15) is 11.9 Å². The maximum Gasteiger partial charge on any atom is 0.408 e. The summed E-state index contributed by atoms with van der Waals surface area (Å²) in [4.78, 5) is 10.8. The summed E-state index contributed by atoms with van der Waals surface area (Å²) < 4.78 is 1.93. The van der Waals surface area contributed by atoms with E-state index in [0.29, 0.717) is 13.2 Å². The van der Waals surface area contributed by atoms with Crippen molar-refractivity contribution in [3.05, 3.63) is 35.8 Å². The molecule has 0 atom stereocenters. The number of hydrogen-bond acceptors (Lipinski definition) is 6. The summed E-state index contributed by atoms with van der Waals surface area (Å²) in [6.07, 6.45) is 1.95. The molecule has 1 aromatic carbocycles. The highest BCUT2D eigenvalue weighted by Gasteiger charge is 2.09. The van der Waals surface area contributed by atoms with Crippen LogP contribution in [-0.4, -0.2) is 13.2 Å². The third kappa shape index (κ3) is 4.32. The van der Waals surface area contributed by atoms with Crippen LogP contribution in [0.15, 0.2) is 46.1 Å². The molecule has 112 valence electrons. The molecular weight excluding hydrogens is 288 g/mol. The van der Waals surface area contributed by atoms with Crippen LogP contribution in [0.25, 0.3) is 0 Å². The highest BCUT2D eigenvalue weighted by Crippen LogP contribution is 2.22. The fraction of sp³-hybridized carbons (Fsp3) is 0.357. The Hall–Kier alpha value is -1.83. The quantitative estimate of drug-likeness (QED) is 0.445. The topological polar surface area (TPSA) is 50.3 Å². The fourth-order valence-corrected chi connectivity index (χ4v) is 2.27. The van der Waals surface area contributed by atoms with E-state index in [4.69, 9.17) is 9.68 Å². The zero-order valence-corrected chi connectivity index (χ0v) is 13.2. The summed E-state index contributed by atoms with van der Waals surface area (Å²) in [5.74, 6) is 0. The molecule has 1 aromatic heterocycles. The Labute approximate surface area is 128 Å². The molecule has 0 radical (unpaired) electrons. The molecule has 7 heteroatoms. The van der Waals surface area contributed by atoms with Crippen LogP contribution in [0, 0.1) is 0 Å². The molecule has 0 amide bonds. The van der Waals surface area contributed by atoms with Crippen LogP contribution in [0.1, 0.15) is 13.8 Å². The van der Waals surface area contributed by atoms with Crippen molar-refractivity contribution in [2.75, 3.05) is 18.4 Å². The van der Waals surface area contributed by atoms with E-state index in [1.165, 1.54) is 5.23 Å². The second-order valence-electron chi connectivity index (χ2n) is 4.11. The van der Waals surface area contributed by atoms with Crippen molar-refractivity contribution in [1.82, 2.24) is 0 Å². The Morgan fingerprint density at radius 3 is 2.29 bits per heavy atom. The second-order valence-corrected chi connectivity index (χ2v) is 4.98. The Balaban J connectivity index is 2.07. The van der Waals surface area contributed by atoms with Crippen LogP contribution in [0.2, 0.25) is 0 Å². The second kappa shape index (κ2) is 7.82. The van der Waals surface area contributed by atoms with Crippen LogP contribution < -0.4 is 9.79 Å². The van der Waals surface area contributed by atoms with Crippen molar-refractivity contribution in [1.29, 1.82) is 0 Å². The largest absolute Gasteiger partial charge is 0.408 e. The molecular formula is C14H19N4O2S+. The van der Waals surface area contributed by atoms with Crippen molar-refractivity contribution in [2.45, 2.75) is 13.8 Å². The molecule has 0 spiro atoms. The van der Waals surface area contributed by atoms with Gasteiger partial charge in [-0.2, -0.15) is 0 Å². The van der Waals surface area contributed by atoms with E-state index >= 15 is 0 Å². The van der Waals surface area contributed by atoms with E-state index in [0.717, 1.165) is 16.5 Å². The molecule has 21 heavy (non-hydrogen) atoms.